The smallest absolute Gasteiger partial charge is 0.389 e. The quantitative estimate of drug-likeness (QED) is 0.814. The van der Waals surface area contributed by atoms with Crippen LogP contribution in [0.15, 0.2) is 18.2 Å². The number of amides is 1. The predicted molar refractivity (Wildman–Crippen MR) is 79.3 cm³/mol. The number of carbonyl (C=O) groups is 1. The first kappa shape index (κ1) is 17.2. The van der Waals surface area contributed by atoms with Gasteiger partial charge in [-0.15, -0.1) is 0 Å². The van der Waals surface area contributed by atoms with Gasteiger partial charge >= 0.3 is 6.18 Å². The fourth-order valence-corrected chi connectivity index (χ4v) is 1.92. The Morgan fingerprint density at radius 2 is 2.05 bits per heavy atom. The zero-order valence-electron chi connectivity index (χ0n) is 11.6. The molecule has 0 aliphatic rings. The number of nitrogens with two attached hydrogens (primary N) is 1. The van der Waals surface area contributed by atoms with E-state index in [9.17, 15) is 18.0 Å². The van der Waals surface area contributed by atoms with E-state index in [1.807, 2.05) is 0 Å². The molecule has 0 radical (unpaired) electrons. The fraction of sp³-hybridized carbons (Fsp3) is 0.385. The van der Waals surface area contributed by atoms with Gasteiger partial charge < -0.3 is 16.0 Å². The molecule has 0 atom stereocenters. The van der Waals surface area contributed by atoms with Crippen LogP contribution in [0, 0.1) is 0 Å². The number of nitrogens with one attached hydrogen (secondary N) is 1. The van der Waals surface area contributed by atoms with Crippen molar-refractivity contribution in [3.8, 4) is 0 Å². The summed E-state index contributed by atoms with van der Waals surface area (Å²) in [5.41, 5.74) is 4.57. The summed E-state index contributed by atoms with van der Waals surface area (Å²) in [5, 5.41) is 2.45. The molecule has 1 aromatic carbocycles. The summed E-state index contributed by atoms with van der Waals surface area (Å²) in [6.45, 7) is 0.295. The number of rotatable bonds is 5. The van der Waals surface area contributed by atoms with E-state index < -0.39 is 11.7 Å². The molecule has 1 amide bonds. The van der Waals surface area contributed by atoms with Crippen LogP contribution in [0.25, 0.3) is 0 Å². The maximum atomic E-state index is 13.0. The summed E-state index contributed by atoms with van der Waals surface area (Å²) >= 11 is 4.64. The Bertz CT molecular complexity index is 546. The van der Waals surface area contributed by atoms with Crippen molar-refractivity contribution in [1.29, 1.82) is 0 Å². The molecule has 21 heavy (non-hydrogen) atoms. The van der Waals surface area contributed by atoms with Gasteiger partial charge in [0, 0.05) is 38.3 Å². The Labute approximate surface area is 126 Å². The maximum absolute atomic E-state index is 13.0. The molecule has 0 aromatic heterocycles. The van der Waals surface area contributed by atoms with E-state index in [0.717, 1.165) is 6.07 Å². The van der Waals surface area contributed by atoms with E-state index in [-0.39, 0.29) is 22.9 Å². The van der Waals surface area contributed by atoms with Gasteiger partial charge in [-0.05, 0) is 18.2 Å². The number of carbonyl (C=O) groups excluding carboxylic acids is 1. The van der Waals surface area contributed by atoms with Gasteiger partial charge in [-0.1, -0.05) is 12.2 Å². The highest BCUT2D eigenvalue weighted by Gasteiger charge is 2.34. The monoisotopic (exact) mass is 319 g/mol. The minimum absolute atomic E-state index is 0.183. The van der Waals surface area contributed by atoms with Crippen LogP contribution >= 0.6 is 12.2 Å². The lowest BCUT2D eigenvalue weighted by atomic mass is 10.1. The van der Waals surface area contributed by atoms with Gasteiger partial charge in [-0.25, -0.2) is 0 Å². The Balaban J connectivity index is 3.05. The Kier molecular flexibility index (Phi) is 5.54. The van der Waals surface area contributed by atoms with Crippen molar-refractivity contribution in [1.82, 2.24) is 5.32 Å². The van der Waals surface area contributed by atoms with Gasteiger partial charge in [-0.2, -0.15) is 13.2 Å². The summed E-state index contributed by atoms with van der Waals surface area (Å²) in [6.07, 6.45) is -4.36. The van der Waals surface area contributed by atoms with Crippen molar-refractivity contribution in [3.05, 3.63) is 29.3 Å². The molecule has 116 valence electrons. The molecule has 0 heterocycles. The lowest BCUT2D eigenvalue weighted by Crippen LogP contribution is -2.27. The Morgan fingerprint density at radius 3 is 2.52 bits per heavy atom. The number of anilines is 1. The summed E-state index contributed by atoms with van der Waals surface area (Å²) in [5.74, 6) is -0.183. The second-order valence-corrected chi connectivity index (χ2v) is 4.88. The molecular weight excluding hydrogens is 303 g/mol. The average Bonchev–Trinajstić information content (AvgIpc) is 2.42. The molecule has 8 heteroatoms. The van der Waals surface area contributed by atoms with E-state index >= 15 is 0 Å². The summed E-state index contributed by atoms with van der Waals surface area (Å²) in [7, 11) is 3.11. The molecular formula is C13H16F3N3OS. The first-order valence-corrected chi connectivity index (χ1v) is 6.50. The zero-order chi connectivity index (χ0) is 16.2. The van der Waals surface area contributed by atoms with E-state index in [1.165, 1.54) is 19.2 Å². The second-order valence-electron chi connectivity index (χ2n) is 4.44. The number of benzene rings is 1. The summed E-state index contributed by atoms with van der Waals surface area (Å²) < 4.78 is 39.1. The molecule has 0 aliphatic carbocycles. The Hall–Kier alpha value is -1.83. The third kappa shape index (κ3) is 4.59. The second kappa shape index (κ2) is 6.75. The maximum Gasteiger partial charge on any atom is 0.417 e. The Morgan fingerprint density at radius 1 is 1.43 bits per heavy atom. The van der Waals surface area contributed by atoms with Gasteiger partial charge in [0.05, 0.1) is 5.56 Å². The number of thiocarbonyl (C=S) groups is 1. The lowest BCUT2D eigenvalue weighted by Gasteiger charge is -2.21. The van der Waals surface area contributed by atoms with Crippen molar-refractivity contribution in [2.24, 2.45) is 5.73 Å². The van der Waals surface area contributed by atoms with Crippen molar-refractivity contribution < 1.29 is 18.0 Å². The topological polar surface area (TPSA) is 58.4 Å². The normalized spacial score (nSPS) is 11.1. The molecule has 1 rings (SSSR count). The van der Waals surface area contributed by atoms with Crippen LogP contribution in [-0.4, -0.2) is 31.5 Å². The average molecular weight is 319 g/mol. The van der Waals surface area contributed by atoms with E-state index in [0.29, 0.717) is 12.2 Å². The molecule has 0 unspecified atom stereocenters. The van der Waals surface area contributed by atoms with Crippen molar-refractivity contribution >= 4 is 28.8 Å². The number of halogens is 3. The highest BCUT2D eigenvalue weighted by molar-refractivity contribution is 7.80. The SMILES string of the molecule is CNC(=O)CCN(C)c1ccc(C(N)=S)c(C(F)(F)F)c1. The van der Waals surface area contributed by atoms with E-state index in [2.05, 4.69) is 17.5 Å². The summed E-state index contributed by atoms with van der Waals surface area (Å²) in [4.78, 5) is 12.4. The molecule has 0 saturated carbocycles. The van der Waals surface area contributed by atoms with Crippen LogP contribution in [0.2, 0.25) is 0 Å². The lowest BCUT2D eigenvalue weighted by molar-refractivity contribution is -0.137. The molecule has 3 N–H and O–H groups in total. The molecule has 0 aliphatic heterocycles. The minimum Gasteiger partial charge on any atom is -0.389 e. The largest absolute Gasteiger partial charge is 0.417 e. The van der Waals surface area contributed by atoms with Gasteiger partial charge in [0.15, 0.2) is 0 Å². The predicted octanol–water partition coefficient (Wildman–Crippen LogP) is 1.91. The van der Waals surface area contributed by atoms with E-state index in [4.69, 9.17) is 5.73 Å². The zero-order valence-corrected chi connectivity index (χ0v) is 12.4. The van der Waals surface area contributed by atoms with Crippen LogP contribution in [0.1, 0.15) is 17.5 Å². The summed E-state index contributed by atoms with van der Waals surface area (Å²) in [6, 6.07) is 3.73. The molecule has 0 saturated heterocycles. The van der Waals surface area contributed by atoms with Crippen molar-refractivity contribution in [3.63, 3.8) is 0 Å². The highest BCUT2D eigenvalue weighted by Crippen LogP contribution is 2.34. The third-order valence-corrected chi connectivity index (χ3v) is 3.19. The first-order valence-electron chi connectivity index (χ1n) is 6.09. The fourth-order valence-electron chi connectivity index (χ4n) is 1.74. The first-order chi connectivity index (χ1) is 9.66. The third-order valence-electron chi connectivity index (χ3n) is 2.97. The number of nitrogens with zero attached hydrogens (tertiary/aromatic N) is 1. The molecule has 0 bridgehead atoms. The van der Waals surface area contributed by atoms with Crippen LogP contribution in [0.4, 0.5) is 18.9 Å². The van der Waals surface area contributed by atoms with Gasteiger partial charge in [-0.3, -0.25) is 4.79 Å². The number of hydrogen-bond acceptors (Lipinski definition) is 3. The molecule has 0 fully saturated rings. The van der Waals surface area contributed by atoms with Gasteiger partial charge in [0.2, 0.25) is 5.91 Å². The van der Waals surface area contributed by atoms with Crippen LogP contribution in [0.5, 0.6) is 0 Å². The minimum atomic E-state index is -4.55. The van der Waals surface area contributed by atoms with Crippen LogP contribution in [-0.2, 0) is 11.0 Å². The standard InChI is InChI=1S/C13H16F3N3OS/c1-18-11(20)5-6-19(2)8-3-4-9(12(17)21)10(7-8)13(14,15)16/h3-4,7H,5-6H2,1-2H3,(H2,17,21)(H,18,20). The van der Waals surface area contributed by atoms with Crippen LogP contribution in [0.3, 0.4) is 0 Å². The number of hydrogen-bond donors (Lipinski definition) is 2. The number of alkyl halides is 3. The van der Waals surface area contributed by atoms with E-state index in [1.54, 1.807) is 11.9 Å². The van der Waals surface area contributed by atoms with Crippen molar-refractivity contribution in [2.75, 3.05) is 25.5 Å². The van der Waals surface area contributed by atoms with Crippen molar-refractivity contribution in [2.45, 2.75) is 12.6 Å². The van der Waals surface area contributed by atoms with Gasteiger partial charge in [0.1, 0.15) is 4.99 Å². The van der Waals surface area contributed by atoms with Crippen LogP contribution < -0.4 is 16.0 Å². The molecule has 0 spiro atoms. The van der Waals surface area contributed by atoms with Gasteiger partial charge in [0.25, 0.3) is 0 Å². The molecule has 1 aromatic rings. The molecule has 4 nitrogen and oxygen atoms in total. The highest BCUT2D eigenvalue weighted by atomic mass is 32.1.